The van der Waals surface area contributed by atoms with Crippen molar-refractivity contribution in [3.05, 3.63) is 95.8 Å². The molecular formula is C24H23N3O2S. The van der Waals surface area contributed by atoms with Gasteiger partial charge in [0.05, 0.1) is 4.90 Å². The van der Waals surface area contributed by atoms with Gasteiger partial charge < -0.3 is 5.32 Å². The Kier molecular flexibility index (Phi) is 5.18. The lowest BCUT2D eigenvalue weighted by Gasteiger charge is -2.14. The lowest BCUT2D eigenvalue weighted by atomic mass is 10.2. The van der Waals surface area contributed by atoms with Crippen molar-refractivity contribution in [3.8, 4) is 5.69 Å². The summed E-state index contributed by atoms with van der Waals surface area (Å²) in [5.41, 5.74) is 4.78. The molecule has 3 aromatic carbocycles. The highest BCUT2D eigenvalue weighted by Gasteiger charge is 2.27. The van der Waals surface area contributed by atoms with Gasteiger partial charge in [-0.05, 0) is 68.3 Å². The van der Waals surface area contributed by atoms with E-state index in [1.165, 1.54) is 0 Å². The number of hydrogen-bond acceptors (Lipinski definition) is 4. The van der Waals surface area contributed by atoms with Crippen LogP contribution in [0.3, 0.4) is 0 Å². The smallest absolute Gasteiger partial charge is 0.227 e. The van der Waals surface area contributed by atoms with Crippen molar-refractivity contribution < 1.29 is 8.42 Å². The fourth-order valence-corrected chi connectivity index (χ4v) is 4.61. The second kappa shape index (κ2) is 7.80. The number of hydrogen-bond donors (Lipinski definition) is 1. The van der Waals surface area contributed by atoms with Gasteiger partial charge in [-0.25, -0.2) is 13.4 Å². The van der Waals surface area contributed by atoms with Gasteiger partial charge in [0.1, 0.15) is 6.33 Å². The summed E-state index contributed by atoms with van der Waals surface area (Å²) in [4.78, 5) is 4.54. The molecule has 1 N–H and O–H groups in total. The summed E-state index contributed by atoms with van der Waals surface area (Å²) in [6.07, 6.45) is 1.55. The standard InChI is InChI=1S/C24H23N3O2S/c1-17-10-12-22(13-11-17)30(28,29)24-23(26-20-8-4-6-18(2)14-20)27(16-25-24)21-9-5-7-19(3)15-21/h4-16,26H,1-3H3. The van der Waals surface area contributed by atoms with E-state index >= 15 is 0 Å². The predicted molar refractivity (Wildman–Crippen MR) is 119 cm³/mol. The van der Waals surface area contributed by atoms with E-state index in [9.17, 15) is 8.42 Å². The highest BCUT2D eigenvalue weighted by atomic mass is 32.2. The second-order valence-electron chi connectivity index (χ2n) is 7.42. The minimum absolute atomic E-state index is 0.00522. The maximum absolute atomic E-state index is 13.4. The molecule has 0 fully saturated rings. The SMILES string of the molecule is Cc1ccc(S(=O)(=O)c2ncn(-c3cccc(C)c3)c2Nc2cccc(C)c2)cc1. The van der Waals surface area contributed by atoms with Crippen LogP contribution < -0.4 is 5.32 Å². The Balaban J connectivity index is 1.89. The molecule has 0 saturated carbocycles. The first kappa shape index (κ1) is 19.9. The van der Waals surface area contributed by atoms with E-state index in [0.29, 0.717) is 5.82 Å². The number of aromatic nitrogens is 2. The molecule has 0 unspecified atom stereocenters. The number of rotatable bonds is 5. The number of imidazole rings is 1. The quantitative estimate of drug-likeness (QED) is 0.474. The maximum atomic E-state index is 13.4. The average molecular weight is 418 g/mol. The molecule has 30 heavy (non-hydrogen) atoms. The number of aryl methyl sites for hydroxylation is 3. The molecule has 1 aromatic heterocycles. The zero-order valence-corrected chi connectivity index (χ0v) is 17.9. The van der Waals surface area contributed by atoms with Crippen molar-refractivity contribution in [3.63, 3.8) is 0 Å². The fourth-order valence-electron chi connectivity index (χ4n) is 3.30. The number of nitrogens with one attached hydrogen (secondary N) is 1. The monoisotopic (exact) mass is 417 g/mol. The van der Waals surface area contributed by atoms with Crippen LogP contribution in [0.2, 0.25) is 0 Å². The first-order valence-corrected chi connectivity index (χ1v) is 11.1. The lowest BCUT2D eigenvalue weighted by Crippen LogP contribution is -2.08. The molecule has 1 heterocycles. The van der Waals surface area contributed by atoms with Crippen molar-refractivity contribution >= 4 is 21.3 Å². The normalized spacial score (nSPS) is 11.4. The third-order valence-corrected chi connectivity index (χ3v) is 6.58. The third-order valence-electron chi connectivity index (χ3n) is 4.88. The van der Waals surface area contributed by atoms with Gasteiger partial charge in [-0.15, -0.1) is 0 Å². The van der Waals surface area contributed by atoms with E-state index in [-0.39, 0.29) is 9.92 Å². The summed E-state index contributed by atoms with van der Waals surface area (Å²) in [6, 6.07) is 22.5. The van der Waals surface area contributed by atoms with Gasteiger partial charge in [0.2, 0.25) is 14.9 Å². The Labute approximate surface area is 177 Å². The molecule has 6 heteroatoms. The van der Waals surface area contributed by atoms with Crippen LogP contribution in [0.4, 0.5) is 11.5 Å². The van der Waals surface area contributed by atoms with Crippen LogP contribution in [0.15, 0.2) is 89.0 Å². The number of sulfone groups is 1. The van der Waals surface area contributed by atoms with E-state index in [1.807, 2.05) is 69.3 Å². The maximum Gasteiger partial charge on any atom is 0.227 e. The van der Waals surface area contributed by atoms with E-state index in [0.717, 1.165) is 28.1 Å². The predicted octanol–water partition coefficient (Wildman–Crippen LogP) is 5.37. The van der Waals surface area contributed by atoms with Gasteiger partial charge in [-0.1, -0.05) is 42.0 Å². The van der Waals surface area contributed by atoms with Crippen LogP contribution in [0.5, 0.6) is 0 Å². The summed E-state index contributed by atoms with van der Waals surface area (Å²) in [5, 5.41) is 3.28. The van der Waals surface area contributed by atoms with Crippen LogP contribution >= 0.6 is 0 Å². The Morgan fingerprint density at radius 1 is 0.800 bits per heavy atom. The fraction of sp³-hybridized carbons (Fsp3) is 0.125. The van der Waals surface area contributed by atoms with Crippen LogP contribution in [0.1, 0.15) is 16.7 Å². The largest absolute Gasteiger partial charge is 0.339 e. The van der Waals surface area contributed by atoms with Crippen LogP contribution in [0, 0.1) is 20.8 Å². The number of anilines is 2. The molecule has 4 aromatic rings. The molecule has 5 nitrogen and oxygen atoms in total. The summed E-state index contributed by atoms with van der Waals surface area (Å²) >= 11 is 0. The first-order chi connectivity index (χ1) is 14.3. The number of nitrogens with zero attached hydrogens (tertiary/aromatic N) is 2. The third kappa shape index (κ3) is 3.86. The van der Waals surface area contributed by atoms with Gasteiger partial charge in [0, 0.05) is 11.4 Å². The lowest BCUT2D eigenvalue weighted by molar-refractivity contribution is 0.593. The van der Waals surface area contributed by atoms with Gasteiger partial charge in [0.15, 0.2) is 5.82 Å². The summed E-state index contributed by atoms with van der Waals surface area (Å²) in [5.74, 6) is 0.409. The molecule has 0 spiro atoms. The van der Waals surface area contributed by atoms with Crippen LogP contribution in [-0.2, 0) is 9.84 Å². The Hall–Kier alpha value is -3.38. The highest BCUT2D eigenvalue weighted by Crippen LogP contribution is 2.31. The summed E-state index contributed by atoms with van der Waals surface area (Å²) in [6.45, 7) is 5.92. The Morgan fingerprint density at radius 2 is 1.47 bits per heavy atom. The Bertz CT molecular complexity index is 1310. The zero-order chi connectivity index (χ0) is 21.3. The van der Waals surface area contributed by atoms with Crippen molar-refractivity contribution in [2.24, 2.45) is 0 Å². The molecule has 0 aliphatic heterocycles. The topological polar surface area (TPSA) is 64.0 Å². The molecule has 0 bridgehead atoms. The van der Waals surface area contributed by atoms with E-state index in [2.05, 4.69) is 10.3 Å². The summed E-state index contributed by atoms with van der Waals surface area (Å²) < 4.78 is 28.6. The van der Waals surface area contributed by atoms with Crippen molar-refractivity contribution in [1.29, 1.82) is 0 Å². The highest BCUT2D eigenvalue weighted by molar-refractivity contribution is 7.91. The minimum atomic E-state index is -3.81. The average Bonchev–Trinajstić information content (AvgIpc) is 3.13. The van der Waals surface area contributed by atoms with Crippen LogP contribution in [-0.4, -0.2) is 18.0 Å². The zero-order valence-electron chi connectivity index (χ0n) is 17.1. The molecule has 0 atom stereocenters. The summed E-state index contributed by atoms with van der Waals surface area (Å²) in [7, 11) is -3.81. The molecular weight excluding hydrogens is 394 g/mol. The van der Waals surface area contributed by atoms with Gasteiger partial charge >= 0.3 is 0 Å². The molecule has 0 radical (unpaired) electrons. The second-order valence-corrected chi connectivity index (χ2v) is 9.28. The minimum Gasteiger partial charge on any atom is -0.339 e. The number of benzene rings is 3. The molecule has 0 aliphatic rings. The first-order valence-electron chi connectivity index (χ1n) is 9.64. The van der Waals surface area contributed by atoms with E-state index < -0.39 is 9.84 Å². The molecule has 0 amide bonds. The van der Waals surface area contributed by atoms with Crippen LogP contribution in [0.25, 0.3) is 5.69 Å². The molecule has 0 saturated heterocycles. The van der Waals surface area contributed by atoms with Gasteiger partial charge in [0.25, 0.3) is 0 Å². The van der Waals surface area contributed by atoms with Crippen molar-refractivity contribution in [2.45, 2.75) is 30.7 Å². The van der Waals surface area contributed by atoms with Gasteiger partial charge in [-0.3, -0.25) is 4.57 Å². The van der Waals surface area contributed by atoms with E-state index in [1.54, 1.807) is 35.2 Å². The molecule has 0 aliphatic carbocycles. The van der Waals surface area contributed by atoms with Crippen molar-refractivity contribution in [2.75, 3.05) is 5.32 Å². The van der Waals surface area contributed by atoms with Crippen molar-refractivity contribution in [1.82, 2.24) is 9.55 Å². The van der Waals surface area contributed by atoms with Gasteiger partial charge in [-0.2, -0.15) is 0 Å². The molecule has 152 valence electrons. The molecule has 4 rings (SSSR count). The van der Waals surface area contributed by atoms with E-state index in [4.69, 9.17) is 0 Å². The Morgan fingerprint density at radius 3 is 2.13 bits per heavy atom.